The molecule has 1 saturated heterocycles. The maximum atomic E-state index is 13.5. The third-order valence-electron chi connectivity index (χ3n) is 7.57. The van der Waals surface area contributed by atoms with E-state index in [1.165, 1.54) is 0 Å². The van der Waals surface area contributed by atoms with Gasteiger partial charge in [-0.1, -0.05) is 69.5 Å². The minimum atomic E-state index is -3.07. The Kier molecular flexibility index (Phi) is 10.00. The molecule has 0 radical (unpaired) electrons. The van der Waals surface area contributed by atoms with E-state index in [1.807, 2.05) is 36.4 Å². The molecule has 0 unspecified atom stereocenters. The summed E-state index contributed by atoms with van der Waals surface area (Å²) in [4.78, 5) is 25.2. The molecule has 14 heteroatoms. The molecule has 8 nitrogen and oxygen atoms in total. The summed E-state index contributed by atoms with van der Waals surface area (Å²) < 4.78 is 32.9. The number of halogens is 5. The van der Waals surface area contributed by atoms with Gasteiger partial charge in [0.2, 0.25) is 11.8 Å². The summed E-state index contributed by atoms with van der Waals surface area (Å²) >= 11 is 19.0. The van der Waals surface area contributed by atoms with Crippen LogP contribution < -0.4 is 20.7 Å². The summed E-state index contributed by atoms with van der Waals surface area (Å²) in [5.74, 6) is 0.396. The molecule has 238 valence electrons. The van der Waals surface area contributed by atoms with Crippen molar-refractivity contribution in [2.24, 2.45) is 0 Å². The van der Waals surface area contributed by atoms with Crippen molar-refractivity contribution < 1.29 is 18.3 Å². The van der Waals surface area contributed by atoms with E-state index in [0.717, 1.165) is 21.6 Å². The number of nitrogens with zero attached hydrogens (tertiary/aromatic N) is 3. The van der Waals surface area contributed by atoms with Crippen molar-refractivity contribution in [3.63, 3.8) is 0 Å². The molecule has 6 rings (SSSR count). The van der Waals surface area contributed by atoms with Gasteiger partial charge in [-0.3, -0.25) is 4.79 Å². The smallest absolute Gasteiger partial charge is 0.388 e. The van der Waals surface area contributed by atoms with Crippen LogP contribution in [0, 0.1) is 6.92 Å². The van der Waals surface area contributed by atoms with Crippen molar-refractivity contribution >= 4 is 78.1 Å². The van der Waals surface area contributed by atoms with E-state index < -0.39 is 6.61 Å². The average molecular weight is 748 g/mol. The zero-order valence-electron chi connectivity index (χ0n) is 24.3. The largest absolute Gasteiger partial charge is 0.417 e. The number of ether oxygens (including phenoxy) is 1. The maximum Gasteiger partial charge on any atom is 0.388 e. The fraction of sp³-hybridized carbons (Fsp3) is 0.250. The van der Waals surface area contributed by atoms with Gasteiger partial charge in [-0.05, 0) is 37.1 Å². The number of hydrogen-bond donors (Lipinski definition) is 3. The van der Waals surface area contributed by atoms with E-state index in [4.69, 9.17) is 27.9 Å². The predicted molar refractivity (Wildman–Crippen MR) is 183 cm³/mol. The Morgan fingerprint density at radius 1 is 1.11 bits per heavy atom. The van der Waals surface area contributed by atoms with Crippen molar-refractivity contribution in [1.82, 2.24) is 25.6 Å². The number of alkyl halides is 3. The van der Waals surface area contributed by atoms with Gasteiger partial charge >= 0.3 is 6.61 Å². The summed E-state index contributed by atoms with van der Waals surface area (Å²) in [5, 5.41) is 11.8. The van der Waals surface area contributed by atoms with Crippen molar-refractivity contribution in [2.75, 3.05) is 11.9 Å². The second-order valence-corrected chi connectivity index (χ2v) is 13.1. The highest BCUT2D eigenvalue weighted by Gasteiger charge is 2.23. The molecule has 1 fully saturated rings. The van der Waals surface area contributed by atoms with E-state index in [1.54, 1.807) is 36.6 Å². The monoisotopic (exact) mass is 746 g/mol. The maximum absolute atomic E-state index is 13.5. The molecular formula is C32H27BrCl2F2N6O2S. The molecule has 1 aliphatic heterocycles. The molecule has 0 spiro atoms. The van der Waals surface area contributed by atoms with Gasteiger partial charge < -0.3 is 20.7 Å². The topological polar surface area (TPSA) is 101 Å². The number of fused-ring (bicyclic) bond motifs is 1. The number of aryl methyl sites for hydroxylation is 1. The molecule has 3 aromatic heterocycles. The van der Waals surface area contributed by atoms with Crippen LogP contribution in [0.2, 0.25) is 10.0 Å². The second kappa shape index (κ2) is 14.1. The van der Waals surface area contributed by atoms with E-state index >= 15 is 0 Å². The van der Waals surface area contributed by atoms with Crippen LogP contribution in [0.1, 0.15) is 29.0 Å². The molecule has 1 amide bonds. The number of nitrogens with one attached hydrogen (secondary N) is 3. The van der Waals surface area contributed by atoms with Gasteiger partial charge in [-0.15, -0.1) is 11.3 Å². The number of carbonyl (C=O) groups excluding carboxylic acids is 1. The van der Waals surface area contributed by atoms with E-state index in [0.29, 0.717) is 73.4 Å². The van der Waals surface area contributed by atoms with E-state index in [-0.39, 0.29) is 24.4 Å². The SMILES string of the molecule is Cc1cc(-c2cccc(-c3cccc(Nc4nccc5sc(CBr)nc45)c3Cl)c2Cl)nc(OC(F)F)c1CNC[C@@H]1CCC(=O)N1. The third-order valence-corrected chi connectivity index (χ3v) is 10.3. The van der Waals surface area contributed by atoms with Crippen LogP contribution in [-0.2, 0) is 16.7 Å². The molecule has 0 saturated carbocycles. The Morgan fingerprint density at radius 3 is 2.61 bits per heavy atom. The number of pyridine rings is 2. The number of rotatable bonds is 11. The van der Waals surface area contributed by atoms with Crippen LogP contribution in [-0.4, -0.2) is 40.1 Å². The molecule has 2 aromatic carbocycles. The quantitative estimate of drug-likeness (QED) is 0.116. The van der Waals surface area contributed by atoms with E-state index in [9.17, 15) is 13.6 Å². The van der Waals surface area contributed by atoms with Crippen molar-refractivity contribution in [3.8, 4) is 28.3 Å². The Hall–Kier alpha value is -3.42. The fourth-order valence-electron chi connectivity index (χ4n) is 5.36. The van der Waals surface area contributed by atoms with E-state index in [2.05, 4.69) is 46.8 Å². The van der Waals surface area contributed by atoms with Gasteiger partial charge in [-0.2, -0.15) is 8.78 Å². The van der Waals surface area contributed by atoms with Gasteiger partial charge in [0.1, 0.15) is 10.5 Å². The number of hydrogen-bond acceptors (Lipinski definition) is 8. The van der Waals surface area contributed by atoms with Gasteiger partial charge in [0.15, 0.2) is 5.82 Å². The summed E-state index contributed by atoms with van der Waals surface area (Å²) in [5.41, 5.74) is 4.75. The Labute approximate surface area is 286 Å². The Bertz CT molecular complexity index is 1930. The highest BCUT2D eigenvalue weighted by atomic mass is 79.9. The third kappa shape index (κ3) is 6.96. The lowest BCUT2D eigenvalue weighted by Gasteiger charge is -2.18. The lowest BCUT2D eigenvalue weighted by Crippen LogP contribution is -2.35. The minimum Gasteiger partial charge on any atom is -0.417 e. The lowest BCUT2D eigenvalue weighted by atomic mass is 9.99. The normalized spacial score (nSPS) is 14.7. The predicted octanol–water partition coefficient (Wildman–Crippen LogP) is 8.64. The summed E-state index contributed by atoms with van der Waals surface area (Å²) in [6, 6.07) is 14.7. The molecule has 1 aliphatic rings. The minimum absolute atomic E-state index is 0.00774. The molecular weight excluding hydrogens is 721 g/mol. The van der Waals surface area contributed by atoms with Gasteiger partial charge in [0.05, 0.1) is 31.5 Å². The first-order chi connectivity index (χ1) is 22.2. The zero-order chi connectivity index (χ0) is 32.4. The Morgan fingerprint density at radius 2 is 1.87 bits per heavy atom. The van der Waals surface area contributed by atoms with Crippen LogP contribution in [0.3, 0.4) is 0 Å². The summed E-state index contributed by atoms with van der Waals surface area (Å²) in [6.07, 6.45) is 2.92. The average Bonchev–Trinajstić information content (AvgIpc) is 3.65. The van der Waals surface area contributed by atoms with Crippen LogP contribution in [0.4, 0.5) is 20.3 Å². The summed E-state index contributed by atoms with van der Waals surface area (Å²) in [7, 11) is 0. The van der Waals surface area contributed by atoms with Crippen molar-refractivity contribution in [1.29, 1.82) is 0 Å². The zero-order valence-corrected chi connectivity index (χ0v) is 28.3. The van der Waals surface area contributed by atoms with Crippen LogP contribution in [0.5, 0.6) is 5.88 Å². The fourth-order valence-corrected chi connectivity index (χ4v) is 7.24. The Balaban J connectivity index is 1.31. The lowest BCUT2D eigenvalue weighted by molar-refractivity contribution is -0.119. The number of carbonyl (C=O) groups is 1. The number of amides is 1. The second-order valence-electron chi connectivity index (χ2n) is 10.6. The molecule has 0 bridgehead atoms. The number of anilines is 2. The number of benzene rings is 2. The molecule has 46 heavy (non-hydrogen) atoms. The highest BCUT2D eigenvalue weighted by Crippen LogP contribution is 2.43. The van der Waals surface area contributed by atoms with Crippen molar-refractivity contribution in [2.45, 2.75) is 44.3 Å². The molecule has 5 aromatic rings. The highest BCUT2D eigenvalue weighted by molar-refractivity contribution is 9.08. The molecule has 1 atom stereocenters. The van der Waals surface area contributed by atoms with Crippen LogP contribution >= 0.6 is 50.5 Å². The van der Waals surface area contributed by atoms with Crippen molar-refractivity contribution in [3.05, 3.63) is 80.9 Å². The first-order valence-electron chi connectivity index (χ1n) is 14.3. The van der Waals surface area contributed by atoms with Crippen LogP contribution in [0.25, 0.3) is 32.6 Å². The number of thiazole rings is 1. The standard InChI is InChI=1S/C32H27BrCl2F2N6O2S/c1-16-12-23(42-31(45-32(36)37)21(16)15-38-14-17-8-9-25(44)40-17)20-6-2-4-18(27(20)34)19-5-3-7-22(28(19)35)41-30-29-24(10-11-39-30)46-26(13-33)43-29/h2-7,10-12,17,32,38H,8-9,13-15H2,1H3,(H,39,41)(H,40,44)/t17-/m0/s1. The van der Waals surface area contributed by atoms with Gasteiger partial charge in [-0.25, -0.2) is 15.0 Å². The summed E-state index contributed by atoms with van der Waals surface area (Å²) in [6.45, 7) is -0.533. The molecule has 3 N–H and O–H groups in total. The van der Waals surface area contributed by atoms with Gasteiger partial charge in [0.25, 0.3) is 0 Å². The van der Waals surface area contributed by atoms with Gasteiger partial charge in [0, 0.05) is 54.0 Å². The van der Waals surface area contributed by atoms with Crippen LogP contribution in [0.15, 0.2) is 54.7 Å². The molecule has 4 heterocycles. The number of aromatic nitrogens is 3. The molecule has 0 aliphatic carbocycles. The first-order valence-corrected chi connectivity index (χ1v) is 17.0. The first kappa shape index (κ1) is 32.5.